The van der Waals surface area contributed by atoms with Gasteiger partial charge in [0.05, 0.1) is 0 Å². The van der Waals surface area contributed by atoms with Crippen molar-refractivity contribution in [1.29, 1.82) is 0 Å². The van der Waals surface area contributed by atoms with Crippen molar-refractivity contribution in [1.82, 2.24) is 5.32 Å². The van der Waals surface area contributed by atoms with E-state index in [4.69, 9.17) is 0 Å². The van der Waals surface area contributed by atoms with Crippen LogP contribution < -0.4 is 5.32 Å². The zero-order valence-corrected chi connectivity index (χ0v) is 11.2. The molecular formula is C16H25N. The monoisotopic (exact) mass is 231 g/mol. The summed E-state index contributed by atoms with van der Waals surface area (Å²) < 4.78 is 0. The van der Waals surface area contributed by atoms with Crippen LogP contribution in [0.25, 0.3) is 0 Å². The number of benzene rings is 1. The summed E-state index contributed by atoms with van der Waals surface area (Å²) in [4.78, 5) is 0. The highest BCUT2D eigenvalue weighted by molar-refractivity contribution is 5.28. The highest BCUT2D eigenvalue weighted by Crippen LogP contribution is 2.25. The van der Waals surface area contributed by atoms with Crippen LogP contribution in [0.4, 0.5) is 0 Å². The van der Waals surface area contributed by atoms with E-state index >= 15 is 0 Å². The first-order valence-electron chi connectivity index (χ1n) is 7.10. The third-order valence-electron chi connectivity index (χ3n) is 3.79. The Kier molecular flexibility index (Phi) is 4.61. The molecule has 1 unspecified atom stereocenters. The SMILES string of the molecule is CC(C)c1cccc(C2CCCCCCN2)c1. The Morgan fingerprint density at radius 3 is 2.76 bits per heavy atom. The topological polar surface area (TPSA) is 12.0 Å². The minimum Gasteiger partial charge on any atom is -0.310 e. The van der Waals surface area contributed by atoms with Gasteiger partial charge in [0, 0.05) is 6.04 Å². The van der Waals surface area contributed by atoms with Crippen molar-refractivity contribution in [2.75, 3.05) is 6.54 Å². The molecule has 1 aliphatic heterocycles. The molecule has 1 fully saturated rings. The molecule has 0 aromatic heterocycles. The van der Waals surface area contributed by atoms with Gasteiger partial charge >= 0.3 is 0 Å². The van der Waals surface area contributed by atoms with Crippen LogP contribution in [0.3, 0.4) is 0 Å². The number of hydrogen-bond acceptors (Lipinski definition) is 1. The molecule has 1 nitrogen and oxygen atoms in total. The van der Waals surface area contributed by atoms with Gasteiger partial charge in [0.2, 0.25) is 0 Å². The van der Waals surface area contributed by atoms with E-state index in [0.29, 0.717) is 12.0 Å². The van der Waals surface area contributed by atoms with Crippen LogP contribution >= 0.6 is 0 Å². The van der Waals surface area contributed by atoms with Gasteiger partial charge in [-0.15, -0.1) is 0 Å². The molecule has 0 bridgehead atoms. The Balaban J connectivity index is 2.10. The van der Waals surface area contributed by atoms with E-state index in [1.54, 1.807) is 0 Å². The van der Waals surface area contributed by atoms with Gasteiger partial charge in [-0.25, -0.2) is 0 Å². The first-order valence-corrected chi connectivity index (χ1v) is 7.10. The molecule has 1 aromatic rings. The van der Waals surface area contributed by atoms with Crippen molar-refractivity contribution < 1.29 is 0 Å². The summed E-state index contributed by atoms with van der Waals surface area (Å²) in [6.45, 7) is 5.71. The predicted molar refractivity (Wildman–Crippen MR) is 74.4 cm³/mol. The summed E-state index contributed by atoms with van der Waals surface area (Å²) in [6, 6.07) is 9.71. The van der Waals surface area contributed by atoms with Crippen LogP contribution in [0.1, 0.15) is 69.0 Å². The fourth-order valence-electron chi connectivity index (χ4n) is 2.62. The summed E-state index contributed by atoms with van der Waals surface area (Å²) in [5.74, 6) is 0.628. The van der Waals surface area contributed by atoms with Gasteiger partial charge in [-0.1, -0.05) is 57.4 Å². The molecule has 1 heterocycles. The molecule has 1 saturated heterocycles. The lowest BCUT2D eigenvalue weighted by molar-refractivity contribution is 0.427. The molecule has 0 radical (unpaired) electrons. The van der Waals surface area contributed by atoms with E-state index in [9.17, 15) is 0 Å². The van der Waals surface area contributed by atoms with Crippen LogP contribution in [0.15, 0.2) is 24.3 Å². The predicted octanol–water partition coefficient (Wildman–Crippen LogP) is 4.40. The summed E-state index contributed by atoms with van der Waals surface area (Å²) in [5.41, 5.74) is 2.95. The Bertz CT molecular complexity index is 335. The van der Waals surface area contributed by atoms with Crippen molar-refractivity contribution in [2.24, 2.45) is 0 Å². The van der Waals surface area contributed by atoms with Gasteiger partial charge in [-0.3, -0.25) is 0 Å². The van der Waals surface area contributed by atoms with Gasteiger partial charge in [0.15, 0.2) is 0 Å². The number of hydrogen-bond donors (Lipinski definition) is 1. The molecule has 17 heavy (non-hydrogen) atoms. The lowest BCUT2D eigenvalue weighted by atomic mass is 9.94. The van der Waals surface area contributed by atoms with E-state index in [1.165, 1.54) is 49.8 Å². The smallest absolute Gasteiger partial charge is 0.0320 e. The highest BCUT2D eigenvalue weighted by atomic mass is 14.9. The first kappa shape index (κ1) is 12.6. The molecule has 1 atom stereocenters. The van der Waals surface area contributed by atoms with E-state index < -0.39 is 0 Å². The molecule has 0 aliphatic carbocycles. The minimum absolute atomic E-state index is 0.578. The standard InChI is InChI=1S/C16H25N/c1-13(2)14-8-7-9-15(12-14)16-10-5-3-4-6-11-17-16/h7-9,12-13,16-17H,3-6,10-11H2,1-2H3. The quantitative estimate of drug-likeness (QED) is 0.795. The van der Waals surface area contributed by atoms with Gasteiger partial charge in [-0.2, -0.15) is 0 Å². The largest absolute Gasteiger partial charge is 0.310 e. The molecule has 0 amide bonds. The van der Waals surface area contributed by atoms with Gasteiger partial charge < -0.3 is 5.32 Å². The maximum absolute atomic E-state index is 3.70. The van der Waals surface area contributed by atoms with Crippen molar-refractivity contribution in [2.45, 2.75) is 57.9 Å². The molecule has 94 valence electrons. The number of rotatable bonds is 2. The van der Waals surface area contributed by atoms with Gasteiger partial charge in [0.25, 0.3) is 0 Å². The fourth-order valence-corrected chi connectivity index (χ4v) is 2.62. The number of nitrogens with one attached hydrogen (secondary N) is 1. The minimum atomic E-state index is 0.578. The molecule has 1 aliphatic rings. The van der Waals surface area contributed by atoms with E-state index in [0.717, 1.165) is 0 Å². The maximum Gasteiger partial charge on any atom is 0.0320 e. The summed E-state index contributed by atoms with van der Waals surface area (Å²) in [7, 11) is 0. The van der Waals surface area contributed by atoms with E-state index in [1.807, 2.05) is 0 Å². The second-order valence-corrected chi connectivity index (χ2v) is 5.53. The fraction of sp³-hybridized carbons (Fsp3) is 0.625. The molecule has 1 aromatic carbocycles. The summed E-state index contributed by atoms with van der Waals surface area (Å²) >= 11 is 0. The van der Waals surface area contributed by atoms with Crippen LogP contribution in [-0.4, -0.2) is 6.54 Å². The van der Waals surface area contributed by atoms with Crippen molar-refractivity contribution >= 4 is 0 Å². The molecule has 1 heteroatoms. The summed E-state index contributed by atoms with van der Waals surface area (Å²) in [5, 5.41) is 3.70. The normalized spacial score (nSPS) is 22.2. The zero-order chi connectivity index (χ0) is 12.1. The van der Waals surface area contributed by atoms with Gasteiger partial charge in [-0.05, 0) is 36.4 Å². The highest BCUT2D eigenvalue weighted by Gasteiger charge is 2.13. The van der Waals surface area contributed by atoms with Crippen LogP contribution in [-0.2, 0) is 0 Å². The van der Waals surface area contributed by atoms with Crippen molar-refractivity contribution in [3.8, 4) is 0 Å². The second kappa shape index (κ2) is 6.20. The Hall–Kier alpha value is -0.820. The average molecular weight is 231 g/mol. The lowest BCUT2D eigenvalue weighted by Crippen LogP contribution is -2.24. The van der Waals surface area contributed by atoms with Crippen LogP contribution in [0.5, 0.6) is 0 Å². The molecule has 2 rings (SSSR count). The Morgan fingerprint density at radius 1 is 1.12 bits per heavy atom. The average Bonchev–Trinajstić information content (AvgIpc) is 2.28. The molecule has 1 N–H and O–H groups in total. The lowest BCUT2D eigenvalue weighted by Gasteiger charge is -2.22. The first-order chi connectivity index (χ1) is 8.27. The molecule has 0 saturated carbocycles. The van der Waals surface area contributed by atoms with E-state index in [-0.39, 0.29) is 0 Å². The zero-order valence-electron chi connectivity index (χ0n) is 11.2. The van der Waals surface area contributed by atoms with Crippen molar-refractivity contribution in [3.63, 3.8) is 0 Å². The van der Waals surface area contributed by atoms with E-state index in [2.05, 4.69) is 43.4 Å². The van der Waals surface area contributed by atoms with Crippen LogP contribution in [0, 0.1) is 0 Å². The molecular weight excluding hydrogens is 206 g/mol. The maximum atomic E-state index is 3.70. The second-order valence-electron chi connectivity index (χ2n) is 5.53. The van der Waals surface area contributed by atoms with Crippen LogP contribution in [0.2, 0.25) is 0 Å². The summed E-state index contributed by atoms with van der Waals surface area (Å²) in [6.07, 6.45) is 6.79. The Morgan fingerprint density at radius 2 is 1.94 bits per heavy atom. The third-order valence-corrected chi connectivity index (χ3v) is 3.79. The van der Waals surface area contributed by atoms with Crippen molar-refractivity contribution in [3.05, 3.63) is 35.4 Å². The van der Waals surface area contributed by atoms with Gasteiger partial charge in [0.1, 0.15) is 0 Å². The Labute approximate surface area is 106 Å². The molecule has 0 spiro atoms. The third kappa shape index (κ3) is 3.57.